The summed E-state index contributed by atoms with van der Waals surface area (Å²) in [6, 6.07) is 4.81. The predicted octanol–water partition coefficient (Wildman–Crippen LogP) is 3.78. The van der Waals surface area contributed by atoms with Gasteiger partial charge in [0.05, 0.1) is 0 Å². The Balaban J connectivity index is 2.14. The highest BCUT2D eigenvalue weighted by atomic mass is 19.1. The Morgan fingerprint density at radius 1 is 1.42 bits per heavy atom. The zero-order chi connectivity index (χ0) is 14.0. The Hall–Kier alpha value is -1.38. The van der Waals surface area contributed by atoms with Crippen molar-refractivity contribution in [2.45, 2.75) is 46.1 Å². The van der Waals surface area contributed by atoms with E-state index in [1.54, 1.807) is 13.0 Å². The Kier molecular flexibility index (Phi) is 4.23. The van der Waals surface area contributed by atoms with Crippen molar-refractivity contribution in [1.29, 1.82) is 0 Å². The lowest BCUT2D eigenvalue weighted by molar-refractivity contribution is 0.0734. The number of nitrogens with zero attached hydrogens (tertiary/aromatic N) is 1. The van der Waals surface area contributed by atoms with Crippen molar-refractivity contribution in [3.8, 4) is 0 Å². The quantitative estimate of drug-likeness (QED) is 0.791. The van der Waals surface area contributed by atoms with Crippen LogP contribution in [0.5, 0.6) is 0 Å². The van der Waals surface area contributed by atoms with E-state index in [-0.39, 0.29) is 11.7 Å². The molecule has 104 valence electrons. The molecule has 0 atom stereocenters. The summed E-state index contributed by atoms with van der Waals surface area (Å²) in [4.78, 5) is 14.5. The van der Waals surface area contributed by atoms with Gasteiger partial charge in [0.25, 0.3) is 5.91 Å². The first-order valence-corrected chi connectivity index (χ1v) is 7.06. The van der Waals surface area contributed by atoms with E-state index in [0.717, 1.165) is 31.4 Å². The number of benzene rings is 1. The number of hydrogen-bond acceptors (Lipinski definition) is 1. The van der Waals surface area contributed by atoms with Gasteiger partial charge in [-0.15, -0.1) is 0 Å². The van der Waals surface area contributed by atoms with E-state index in [9.17, 15) is 9.18 Å². The summed E-state index contributed by atoms with van der Waals surface area (Å²) < 4.78 is 13.1. The van der Waals surface area contributed by atoms with Crippen LogP contribution in [-0.4, -0.2) is 23.4 Å². The van der Waals surface area contributed by atoms with Gasteiger partial charge in [-0.05, 0) is 55.9 Å². The molecule has 0 N–H and O–H groups in total. The van der Waals surface area contributed by atoms with Gasteiger partial charge in [-0.1, -0.05) is 13.8 Å². The lowest BCUT2D eigenvalue weighted by atomic mass is 10.1. The molecular weight excluding hydrogens is 241 g/mol. The average Bonchev–Trinajstić information content (AvgIpc) is 3.13. The molecule has 1 fully saturated rings. The lowest BCUT2D eigenvalue weighted by Crippen LogP contribution is -2.35. The van der Waals surface area contributed by atoms with Crippen molar-refractivity contribution in [2.24, 2.45) is 5.92 Å². The number of amides is 1. The summed E-state index contributed by atoms with van der Waals surface area (Å²) in [5.41, 5.74) is 1.36. The van der Waals surface area contributed by atoms with Crippen molar-refractivity contribution in [2.75, 3.05) is 6.54 Å². The number of halogens is 1. The van der Waals surface area contributed by atoms with Gasteiger partial charge < -0.3 is 4.90 Å². The highest BCUT2D eigenvalue weighted by Crippen LogP contribution is 2.29. The van der Waals surface area contributed by atoms with Crippen molar-refractivity contribution < 1.29 is 9.18 Å². The van der Waals surface area contributed by atoms with Gasteiger partial charge in [0.1, 0.15) is 5.82 Å². The van der Waals surface area contributed by atoms with Crippen LogP contribution >= 0.6 is 0 Å². The van der Waals surface area contributed by atoms with E-state index in [4.69, 9.17) is 0 Å². The summed E-state index contributed by atoms with van der Waals surface area (Å²) >= 11 is 0. The van der Waals surface area contributed by atoms with E-state index < -0.39 is 0 Å². The maximum atomic E-state index is 13.1. The van der Waals surface area contributed by atoms with Gasteiger partial charge >= 0.3 is 0 Å². The molecule has 3 heteroatoms. The molecule has 0 bridgehead atoms. The van der Waals surface area contributed by atoms with Crippen LogP contribution < -0.4 is 0 Å². The van der Waals surface area contributed by atoms with E-state index in [2.05, 4.69) is 13.8 Å². The van der Waals surface area contributed by atoms with Crippen molar-refractivity contribution in [3.05, 3.63) is 35.1 Å². The van der Waals surface area contributed by atoms with Crippen LogP contribution in [0.2, 0.25) is 0 Å². The predicted molar refractivity (Wildman–Crippen MR) is 74.7 cm³/mol. The highest BCUT2D eigenvalue weighted by Gasteiger charge is 2.33. The summed E-state index contributed by atoms with van der Waals surface area (Å²) in [6.45, 7) is 6.93. The molecule has 0 radical (unpaired) electrons. The van der Waals surface area contributed by atoms with Gasteiger partial charge in [-0.3, -0.25) is 4.79 Å². The molecule has 19 heavy (non-hydrogen) atoms. The van der Waals surface area contributed by atoms with Crippen LogP contribution in [0.25, 0.3) is 0 Å². The second kappa shape index (κ2) is 5.72. The van der Waals surface area contributed by atoms with Gasteiger partial charge in [0.15, 0.2) is 0 Å². The van der Waals surface area contributed by atoms with Gasteiger partial charge in [0, 0.05) is 18.2 Å². The second-order valence-corrected chi connectivity index (χ2v) is 5.87. The van der Waals surface area contributed by atoms with Crippen molar-refractivity contribution in [3.63, 3.8) is 0 Å². The minimum Gasteiger partial charge on any atom is -0.336 e. The Bertz CT molecular complexity index is 466. The van der Waals surface area contributed by atoms with Crippen LogP contribution in [0.3, 0.4) is 0 Å². The van der Waals surface area contributed by atoms with Crippen LogP contribution in [-0.2, 0) is 0 Å². The summed E-state index contributed by atoms with van der Waals surface area (Å²) in [6.07, 6.45) is 3.22. The Morgan fingerprint density at radius 3 is 2.63 bits per heavy atom. The zero-order valence-electron chi connectivity index (χ0n) is 11.9. The smallest absolute Gasteiger partial charge is 0.254 e. The first-order chi connectivity index (χ1) is 8.99. The fourth-order valence-corrected chi connectivity index (χ4v) is 2.26. The molecule has 1 aromatic rings. The molecule has 2 nitrogen and oxygen atoms in total. The zero-order valence-corrected chi connectivity index (χ0v) is 11.9. The molecule has 2 rings (SSSR count). The van der Waals surface area contributed by atoms with E-state index in [0.29, 0.717) is 17.5 Å². The van der Waals surface area contributed by atoms with Crippen molar-refractivity contribution in [1.82, 2.24) is 4.90 Å². The Morgan fingerprint density at radius 2 is 2.11 bits per heavy atom. The van der Waals surface area contributed by atoms with E-state index >= 15 is 0 Å². The Labute approximate surface area is 114 Å². The topological polar surface area (TPSA) is 20.3 Å². The minimum atomic E-state index is -0.283. The van der Waals surface area contributed by atoms with Crippen LogP contribution in [0.15, 0.2) is 18.2 Å². The molecule has 0 spiro atoms. The molecule has 1 aliphatic carbocycles. The number of hydrogen-bond donors (Lipinski definition) is 0. The molecule has 1 aliphatic rings. The van der Waals surface area contributed by atoms with Crippen molar-refractivity contribution >= 4 is 5.91 Å². The minimum absolute atomic E-state index is 0.0562. The van der Waals surface area contributed by atoms with Gasteiger partial charge in [-0.25, -0.2) is 4.39 Å². The number of rotatable bonds is 5. The lowest BCUT2D eigenvalue weighted by Gasteiger charge is -2.24. The standard InChI is InChI=1S/C16H22FNO/c1-11(2)8-9-18(14-5-6-14)16(19)15-7-4-13(17)10-12(15)3/h4,7,10-11,14H,5-6,8-9H2,1-3H3. The summed E-state index contributed by atoms with van der Waals surface area (Å²) in [5, 5.41) is 0. The second-order valence-electron chi connectivity index (χ2n) is 5.87. The molecule has 1 aromatic carbocycles. The van der Waals surface area contributed by atoms with Crippen LogP contribution in [0.1, 0.15) is 49.0 Å². The average molecular weight is 263 g/mol. The first-order valence-electron chi connectivity index (χ1n) is 7.06. The third-order valence-electron chi connectivity index (χ3n) is 3.61. The first kappa shape index (κ1) is 14.0. The number of carbonyl (C=O) groups excluding carboxylic acids is 1. The SMILES string of the molecule is Cc1cc(F)ccc1C(=O)N(CCC(C)C)C1CC1. The normalized spacial score (nSPS) is 14.8. The molecule has 0 aliphatic heterocycles. The molecule has 0 saturated heterocycles. The molecule has 1 saturated carbocycles. The summed E-state index contributed by atoms with van der Waals surface area (Å²) in [7, 11) is 0. The molecular formula is C16H22FNO. The van der Waals surface area contributed by atoms with E-state index in [1.807, 2.05) is 4.90 Å². The maximum absolute atomic E-state index is 13.1. The van der Waals surface area contributed by atoms with Crippen LogP contribution in [0, 0.1) is 18.7 Å². The fraction of sp³-hybridized carbons (Fsp3) is 0.562. The largest absolute Gasteiger partial charge is 0.336 e. The molecule has 1 amide bonds. The third-order valence-corrected chi connectivity index (χ3v) is 3.61. The number of aryl methyl sites for hydroxylation is 1. The van der Waals surface area contributed by atoms with E-state index in [1.165, 1.54) is 12.1 Å². The number of carbonyl (C=O) groups is 1. The van der Waals surface area contributed by atoms with Gasteiger partial charge in [-0.2, -0.15) is 0 Å². The molecule has 0 unspecified atom stereocenters. The maximum Gasteiger partial charge on any atom is 0.254 e. The monoisotopic (exact) mass is 263 g/mol. The van der Waals surface area contributed by atoms with Crippen LogP contribution in [0.4, 0.5) is 4.39 Å². The van der Waals surface area contributed by atoms with Gasteiger partial charge in [0.2, 0.25) is 0 Å². The molecule has 0 heterocycles. The molecule has 0 aromatic heterocycles. The highest BCUT2D eigenvalue weighted by molar-refractivity contribution is 5.96. The fourth-order valence-electron chi connectivity index (χ4n) is 2.26. The summed E-state index contributed by atoms with van der Waals surface area (Å²) in [5.74, 6) is 0.359. The third kappa shape index (κ3) is 3.55.